The summed E-state index contributed by atoms with van der Waals surface area (Å²) < 4.78 is 6.29. The second-order valence-corrected chi connectivity index (χ2v) is 5.76. The van der Waals surface area contributed by atoms with E-state index in [-0.39, 0.29) is 0 Å². The van der Waals surface area contributed by atoms with E-state index < -0.39 is 0 Å². The third kappa shape index (κ3) is 3.07. The molecule has 86 valence electrons. The Morgan fingerprint density at radius 3 is 3.25 bits per heavy atom. The summed E-state index contributed by atoms with van der Waals surface area (Å²) >= 11 is 9.13. The van der Waals surface area contributed by atoms with Gasteiger partial charge in [-0.05, 0) is 13.0 Å². The van der Waals surface area contributed by atoms with Gasteiger partial charge < -0.3 is 4.74 Å². The second-order valence-electron chi connectivity index (χ2n) is 3.00. The number of rotatable bonds is 5. The number of thioether (sulfide) groups is 1. The number of nitrogens with zero attached hydrogens (tertiary/aromatic N) is 2. The summed E-state index contributed by atoms with van der Waals surface area (Å²) in [6, 6.07) is 1.84. The number of fused-ring (bicyclic) bond motifs is 1. The van der Waals surface area contributed by atoms with Gasteiger partial charge in [0.2, 0.25) is 0 Å². The Morgan fingerprint density at radius 1 is 1.56 bits per heavy atom. The molecule has 0 fully saturated rings. The molecule has 0 spiro atoms. The van der Waals surface area contributed by atoms with Crippen LogP contribution in [0.1, 0.15) is 6.92 Å². The molecule has 6 heteroatoms. The highest BCUT2D eigenvalue weighted by Crippen LogP contribution is 2.29. The van der Waals surface area contributed by atoms with E-state index in [1.807, 2.05) is 13.0 Å². The molecule has 2 aromatic heterocycles. The van der Waals surface area contributed by atoms with Crippen LogP contribution in [0.25, 0.3) is 10.3 Å². The van der Waals surface area contributed by atoms with Crippen molar-refractivity contribution in [2.24, 2.45) is 0 Å². The molecule has 0 radical (unpaired) electrons. The first kappa shape index (κ1) is 12.1. The molecule has 0 aromatic carbocycles. The first-order valence-electron chi connectivity index (χ1n) is 4.92. The molecular formula is C10H11ClN2OS2. The first-order valence-corrected chi connectivity index (χ1v) is 7.10. The van der Waals surface area contributed by atoms with Gasteiger partial charge >= 0.3 is 0 Å². The summed E-state index contributed by atoms with van der Waals surface area (Å²) in [6.45, 7) is 3.51. The number of hydrogen-bond acceptors (Lipinski definition) is 5. The third-order valence-electron chi connectivity index (χ3n) is 1.85. The maximum Gasteiger partial charge on any atom is 0.152 e. The minimum Gasteiger partial charge on any atom is -0.381 e. The Balaban J connectivity index is 2.02. The van der Waals surface area contributed by atoms with Gasteiger partial charge in [0.25, 0.3) is 0 Å². The van der Waals surface area contributed by atoms with Gasteiger partial charge in [-0.2, -0.15) is 0 Å². The molecule has 0 saturated heterocycles. The summed E-state index contributed by atoms with van der Waals surface area (Å²) in [5.41, 5.74) is 0.872. The maximum absolute atomic E-state index is 5.85. The van der Waals surface area contributed by atoms with Gasteiger partial charge in [0, 0.05) is 18.6 Å². The number of thiazole rings is 1. The SMILES string of the molecule is CCOCCSc1nc2cc(Cl)cnc2s1. The molecule has 16 heavy (non-hydrogen) atoms. The van der Waals surface area contributed by atoms with Crippen molar-refractivity contribution in [2.75, 3.05) is 19.0 Å². The van der Waals surface area contributed by atoms with Crippen LogP contribution in [-0.2, 0) is 4.74 Å². The Bertz CT molecular complexity index is 475. The smallest absolute Gasteiger partial charge is 0.152 e. The van der Waals surface area contributed by atoms with Crippen molar-refractivity contribution in [3.8, 4) is 0 Å². The van der Waals surface area contributed by atoms with Crippen molar-refractivity contribution in [3.05, 3.63) is 17.3 Å². The lowest BCUT2D eigenvalue weighted by Crippen LogP contribution is -1.95. The maximum atomic E-state index is 5.85. The minimum atomic E-state index is 0.628. The average molecular weight is 275 g/mol. The van der Waals surface area contributed by atoms with Crippen molar-refractivity contribution in [1.29, 1.82) is 0 Å². The molecule has 2 heterocycles. The fourth-order valence-corrected chi connectivity index (χ4v) is 3.21. The largest absolute Gasteiger partial charge is 0.381 e. The van der Waals surface area contributed by atoms with Crippen molar-refractivity contribution >= 4 is 45.0 Å². The number of aromatic nitrogens is 2. The van der Waals surface area contributed by atoms with Crippen LogP contribution in [0.2, 0.25) is 5.02 Å². The van der Waals surface area contributed by atoms with Gasteiger partial charge in [0.1, 0.15) is 10.3 Å². The van der Waals surface area contributed by atoms with E-state index in [1.165, 1.54) is 0 Å². The van der Waals surface area contributed by atoms with Crippen molar-refractivity contribution in [3.63, 3.8) is 0 Å². The lowest BCUT2D eigenvalue weighted by Gasteiger charge is -1.97. The minimum absolute atomic E-state index is 0.628. The number of ether oxygens (including phenoxy) is 1. The number of halogens is 1. The molecule has 0 N–H and O–H groups in total. The molecule has 0 unspecified atom stereocenters. The first-order chi connectivity index (χ1) is 7.79. The van der Waals surface area contributed by atoms with Crippen LogP contribution in [0.3, 0.4) is 0 Å². The summed E-state index contributed by atoms with van der Waals surface area (Å²) in [7, 11) is 0. The third-order valence-corrected chi connectivity index (χ3v) is 4.15. The summed E-state index contributed by atoms with van der Waals surface area (Å²) in [4.78, 5) is 9.61. The average Bonchev–Trinajstić information content (AvgIpc) is 2.66. The number of hydrogen-bond donors (Lipinski definition) is 0. The van der Waals surface area contributed by atoms with Crippen LogP contribution in [-0.4, -0.2) is 28.9 Å². The van der Waals surface area contributed by atoms with Crippen LogP contribution in [0.15, 0.2) is 16.6 Å². The molecule has 0 aliphatic rings. The predicted octanol–water partition coefficient (Wildman–Crippen LogP) is 3.47. The zero-order chi connectivity index (χ0) is 11.4. The van der Waals surface area contributed by atoms with Crippen LogP contribution in [0.4, 0.5) is 0 Å². The topological polar surface area (TPSA) is 35.0 Å². The highest BCUT2D eigenvalue weighted by Gasteiger charge is 2.05. The van der Waals surface area contributed by atoms with Crippen LogP contribution in [0.5, 0.6) is 0 Å². The summed E-state index contributed by atoms with van der Waals surface area (Å²) in [6.07, 6.45) is 1.65. The Morgan fingerprint density at radius 2 is 2.44 bits per heavy atom. The highest BCUT2D eigenvalue weighted by atomic mass is 35.5. The highest BCUT2D eigenvalue weighted by molar-refractivity contribution is 8.01. The zero-order valence-electron chi connectivity index (χ0n) is 8.77. The molecular weight excluding hydrogens is 264 g/mol. The van der Waals surface area contributed by atoms with Crippen molar-refractivity contribution in [1.82, 2.24) is 9.97 Å². The van der Waals surface area contributed by atoms with E-state index in [2.05, 4.69) is 9.97 Å². The predicted molar refractivity (Wildman–Crippen MR) is 69.6 cm³/mol. The van der Waals surface area contributed by atoms with Gasteiger partial charge in [-0.1, -0.05) is 34.7 Å². The quantitative estimate of drug-likeness (QED) is 0.618. The van der Waals surface area contributed by atoms with Gasteiger partial charge in [-0.25, -0.2) is 9.97 Å². The molecule has 0 atom stereocenters. The Labute approximate surface area is 107 Å². The van der Waals surface area contributed by atoms with E-state index in [4.69, 9.17) is 16.3 Å². The Kier molecular flexibility index (Phi) is 4.40. The molecule has 2 rings (SSSR count). The lowest BCUT2D eigenvalue weighted by molar-refractivity contribution is 0.164. The number of pyridine rings is 1. The lowest BCUT2D eigenvalue weighted by atomic mass is 10.5. The van der Waals surface area contributed by atoms with Gasteiger partial charge in [-0.15, -0.1) is 0 Å². The monoisotopic (exact) mass is 274 g/mol. The van der Waals surface area contributed by atoms with Crippen molar-refractivity contribution in [2.45, 2.75) is 11.3 Å². The molecule has 3 nitrogen and oxygen atoms in total. The van der Waals surface area contributed by atoms with Gasteiger partial charge in [-0.3, -0.25) is 0 Å². The molecule has 0 bridgehead atoms. The van der Waals surface area contributed by atoms with E-state index >= 15 is 0 Å². The van der Waals surface area contributed by atoms with Crippen molar-refractivity contribution < 1.29 is 4.74 Å². The summed E-state index contributed by atoms with van der Waals surface area (Å²) in [5, 5.41) is 0.628. The van der Waals surface area contributed by atoms with Gasteiger partial charge in [0.05, 0.1) is 11.6 Å². The Hall–Kier alpha value is -0.360. The summed E-state index contributed by atoms with van der Waals surface area (Å²) in [5.74, 6) is 0.918. The van der Waals surface area contributed by atoms with E-state index in [0.29, 0.717) is 5.02 Å². The van der Waals surface area contributed by atoms with Crippen LogP contribution < -0.4 is 0 Å². The molecule has 0 aliphatic carbocycles. The van der Waals surface area contributed by atoms with E-state index in [1.54, 1.807) is 29.3 Å². The molecule has 0 aliphatic heterocycles. The fraction of sp³-hybridized carbons (Fsp3) is 0.400. The zero-order valence-corrected chi connectivity index (χ0v) is 11.2. The van der Waals surface area contributed by atoms with Crippen LogP contribution >= 0.6 is 34.7 Å². The normalized spacial score (nSPS) is 11.1. The van der Waals surface area contributed by atoms with Gasteiger partial charge in [0.15, 0.2) is 4.34 Å². The van der Waals surface area contributed by atoms with E-state index in [0.717, 1.165) is 33.7 Å². The molecule has 2 aromatic rings. The fourth-order valence-electron chi connectivity index (χ4n) is 1.17. The molecule has 0 saturated carbocycles. The second kappa shape index (κ2) is 5.82. The molecule has 0 amide bonds. The van der Waals surface area contributed by atoms with E-state index in [9.17, 15) is 0 Å². The van der Waals surface area contributed by atoms with Crippen LogP contribution in [0, 0.1) is 0 Å². The standard InChI is InChI=1S/C10H11ClN2OS2/c1-2-14-3-4-15-10-13-8-5-7(11)6-12-9(8)16-10/h5-6H,2-4H2,1H3.